The van der Waals surface area contributed by atoms with E-state index in [1.165, 1.54) is 28.9 Å². The van der Waals surface area contributed by atoms with E-state index in [1.54, 1.807) is 38.1 Å². The van der Waals surface area contributed by atoms with Gasteiger partial charge >= 0.3 is 0 Å². The number of halogens is 1. The van der Waals surface area contributed by atoms with Crippen LogP contribution in [-0.4, -0.2) is 45.2 Å². The number of ketones is 1. The van der Waals surface area contributed by atoms with Gasteiger partial charge in [-0.3, -0.25) is 14.4 Å². The predicted octanol–water partition coefficient (Wildman–Crippen LogP) is 3.32. The van der Waals surface area contributed by atoms with Gasteiger partial charge in [-0.15, -0.1) is 4.91 Å². The van der Waals surface area contributed by atoms with Crippen LogP contribution in [0.15, 0.2) is 53.7 Å². The first-order chi connectivity index (χ1) is 18.6. The third kappa shape index (κ3) is 7.62. The summed E-state index contributed by atoms with van der Waals surface area (Å²) in [6.45, 7) is 3.19. The molecular weight excluding hydrogens is 509 g/mol. The largest absolute Gasteiger partial charge is 0.469 e. The summed E-state index contributed by atoms with van der Waals surface area (Å²) in [6.07, 6.45) is -2.46. The molecule has 0 saturated carbocycles. The molecule has 0 aliphatic rings. The zero-order valence-electron chi connectivity index (χ0n) is 21.3. The summed E-state index contributed by atoms with van der Waals surface area (Å²) in [4.78, 5) is 47.0. The Kier molecular flexibility index (Phi) is 9.72. The Bertz CT molecular complexity index is 1410. The number of aliphatic hydroxyl groups excluding tert-OH is 1. The van der Waals surface area contributed by atoms with Crippen molar-refractivity contribution in [3.63, 3.8) is 0 Å². The smallest absolute Gasteiger partial charge is 0.288 e. The van der Waals surface area contributed by atoms with E-state index in [0.717, 1.165) is 0 Å². The lowest BCUT2D eigenvalue weighted by atomic mass is 10.0. The monoisotopic (exact) mass is 535 g/mol. The van der Waals surface area contributed by atoms with Gasteiger partial charge in [-0.25, -0.2) is 9.07 Å². The fourth-order valence-electron chi connectivity index (χ4n) is 3.80. The first kappa shape index (κ1) is 28.8. The third-order valence-corrected chi connectivity index (χ3v) is 5.60. The lowest BCUT2D eigenvalue weighted by Gasteiger charge is -2.14. The maximum Gasteiger partial charge on any atom is 0.288 e. The Morgan fingerprint density at radius 1 is 1.18 bits per heavy atom. The van der Waals surface area contributed by atoms with E-state index in [0.29, 0.717) is 22.4 Å². The van der Waals surface area contributed by atoms with Crippen LogP contribution >= 0.6 is 0 Å². The molecule has 0 saturated heterocycles. The molecule has 39 heavy (non-hydrogen) atoms. The SMILES string of the molecule is CC(C)c1c(C(=O)NCc2cccc(C#N)c2)nn(-c2ccc(F)cc2)c1OCC(=O)C[C@@H](O)CC(=O)N=O. The van der Waals surface area contributed by atoms with Crippen LogP contribution < -0.4 is 10.1 Å². The zero-order chi connectivity index (χ0) is 28.5. The molecule has 2 amide bonds. The number of nitriles is 1. The van der Waals surface area contributed by atoms with Crippen molar-refractivity contribution in [3.8, 4) is 17.6 Å². The average Bonchev–Trinajstić information content (AvgIpc) is 3.30. The van der Waals surface area contributed by atoms with Crippen molar-refractivity contribution in [1.29, 1.82) is 5.26 Å². The molecule has 2 N–H and O–H groups in total. The van der Waals surface area contributed by atoms with Gasteiger partial charge in [0.2, 0.25) is 5.88 Å². The van der Waals surface area contributed by atoms with E-state index in [1.807, 2.05) is 6.07 Å². The molecule has 3 aromatic rings. The summed E-state index contributed by atoms with van der Waals surface area (Å²) in [5.41, 5.74) is 1.93. The number of amides is 2. The molecule has 1 aromatic heterocycles. The van der Waals surface area contributed by atoms with Crippen molar-refractivity contribution in [3.05, 3.63) is 81.6 Å². The maximum absolute atomic E-state index is 13.6. The number of aliphatic hydroxyl groups is 1. The minimum absolute atomic E-state index is 0.0240. The van der Waals surface area contributed by atoms with E-state index in [2.05, 4.69) is 15.6 Å². The minimum Gasteiger partial charge on any atom is -0.469 e. The zero-order valence-corrected chi connectivity index (χ0v) is 21.3. The van der Waals surface area contributed by atoms with Crippen molar-refractivity contribution in [2.45, 2.75) is 45.3 Å². The molecule has 0 radical (unpaired) electrons. The molecule has 0 aliphatic carbocycles. The van der Waals surface area contributed by atoms with E-state index >= 15 is 0 Å². The Balaban J connectivity index is 1.90. The highest BCUT2D eigenvalue weighted by atomic mass is 19.1. The second-order valence-corrected chi connectivity index (χ2v) is 8.98. The number of aromatic nitrogens is 2. The Labute approximate surface area is 223 Å². The molecule has 0 spiro atoms. The number of hydrogen-bond donors (Lipinski definition) is 2. The van der Waals surface area contributed by atoms with Gasteiger partial charge in [0.05, 0.1) is 35.4 Å². The number of ether oxygens (including phenoxy) is 1. The maximum atomic E-state index is 13.6. The number of carbonyl (C=O) groups excluding carboxylic acids is 3. The summed E-state index contributed by atoms with van der Waals surface area (Å²) >= 11 is 0. The number of nitroso groups, excluding NO2 is 1. The van der Waals surface area contributed by atoms with Crippen molar-refractivity contribution in [2.75, 3.05) is 6.61 Å². The molecule has 3 rings (SSSR count). The van der Waals surface area contributed by atoms with Crippen LogP contribution in [0.2, 0.25) is 0 Å². The number of carbonyl (C=O) groups is 3. The number of hydrogen-bond acceptors (Lipinski definition) is 8. The second kappa shape index (κ2) is 13.2. The third-order valence-electron chi connectivity index (χ3n) is 5.60. The van der Waals surface area contributed by atoms with Crippen molar-refractivity contribution in [1.82, 2.24) is 15.1 Å². The summed E-state index contributed by atoms with van der Waals surface area (Å²) in [6, 6.07) is 14.1. The van der Waals surface area contributed by atoms with Gasteiger partial charge in [0.15, 0.2) is 11.5 Å². The van der Waals surface area contributed by atoms with Crippen LogP contribution in [-0.2, 0) is 16.1 Å². The Morgan fingerprint density at radius 2 is 1.90 bits per heavy atom. The molecule has 12 heteroatoms. The summed E-state index contributed by atoms with van der Waals surface area (Å²) < 4.78 is 20.7. The average molecular weight is 536 g/mol. The van der Waals surface area contributed by atoms with E-state index in [9.17, 15) is 28.8 Å². The Morgan fingerprint density at radius 3 is 2.54 bits per heavy atom. The lowest BCUT2D eigenvalue weighted by molar-refractivity contribution is -0.124. The molecule has 11 nitrogen and oxygen atoms in total. The molecule has 0 bridgehead atoms. The van der Waals surface area contributed by atoms with Gasteiger partial charge < -0.3 is 15.2 Å². The number of nitrogens with one attached hydrogen (secondary N) is 1. The van der Waals surface area contributed by atoms with E-state index < -0.39 is 49.0 Å². The van der Waals surface area contributed by atoms with Gasteiger partial charge in [-0.1, -0.05) is 26.0 Å². The highest BCUT2D eigenvalue weighted by Gasteiger charge is 2.28. The van der Waals surface area contributed by atoms with Crippen molar-refractivity contribution >= 4 is 17.6 Å². The quantitative estimate of drug-likeness (QED) is 0.334. The number of Topliss-reactive ketones (excluding diaryl/α,β-unsaturated/α-hetero) is 1. The summed E-state index contributed by atoms with van der Waals surface area (Å²) in [5, 5.41) is 28.3. The van der Waals surface area contributed by atoms with Crippen LogP contribution in [0.5, 0.6) is 5.88 Å². The Hall–Kier alpha value is -4.76. The number of nitrogens with zero attached hydrogens (tertiary/aromatic N) is 4. The van der Waals surface area contributed by atoms with Crippen molar-refractivity contribution in [2.24, 2.45) is 5.18 Å². The fourth-order valence-corrected chi connectivity index (χ4v) is 3.80. The second-order valence-electron chi connectivity index (χ2n) is 8.98. The molecule has 1 heterocycles. The molecule has 1 atom stereocenters. The predicted molar refractivity (Wildman–Crippen MR) is 136 cm³/mol. The lowest BCUT2D eigenvalue weighted by Crippen LogP contribution is -2.24. The van der Waals surface area contributed by atoms with Crippen LogP contribution in [0.25, 0.3) is 5.69 Å². The molecule has 2 aromatic carbocycles. The van der Waals surface area contributed by atoms with Gasteiger partial charge in [-0.2, -0.15) is 10.4 Å². The topological polar surface area (TPSA) is 164 Å². The molecular formula is C27H26FN5O6. The van der Waals surface area contributed by atoms with Gasteiger partial charge in [0.25, 0.3) is 11.8 Å². The standard InChI is InChI=1S/C27H26FN5O6/c1-16(2)24-25(26(37)30-14-18-5-3-4-17(10-18)13-29)31-33(20-8-6-19(28)7-9-20)27(24)39-15-22(35)11-21(34)12-23(36)32-38/h3-10,16,21,34H,11-12,14-15H2,1-2H3,(H,30,37)/t21-/m1/s1. The van der Waals surface area contributed by atoms with E-state index in [4.69, 9.17) is 10.00 Å². The fraction of sp³-hybridized carbons (Fsp3) is 0.296. The first-order valence-electron chi connectivity index (χ1n) is 12.0. The van der Waals surface area contributed by atoms with Crippen molar-refractivity contribution < 1.29 is 28.6 Å². The highest BCUT2D eigenvalue weighted by Crippen LogP contribution is 2.33. The first-order valence-corrected chi connectivity index (χ1v) is 12.0. The summed E-state index contributed by atoms with van der Waals surface area (Å²) in [7, 11) is 0. The van der Waals surface area contributed by atoms with Crippen LogP contribution in [0.3, 0.4) is 0 Å². The van der Waals surface area contributed by atoms with Gasteiger partial charge in [0, 0.05) is 18.1 Å². The van der Waals surface area contributed by atoms with Gasteiger partial charge in [0.1, 0.15) is 12.4 Å². The van der Waals surface area contributed by atoms with Crippen LogP contribution in [0.4, 0.5) is 4.39 Å². The van der Waals surface area contributed by atoms with E-state index in [-0.39, 0.29) is 24.0 Å². The highest BCUT2D eigenvalue weighted by molar-refractivity contribution is 5.94. The molecule has 202 valence electrons. The molecule has 0 unspecified atom stereocenters. The van der Waals surface area contributed by atoms with Crippen LogP contribution in [0.1, 0.15) is 59.8 Å². The normalized spacial score (nSPS) is 11.5. The minimum atomic E-state index is -1.40. The number of benzene rings is 2. The molecule has 0 fully saturated rings. The summed E-state index contributed by atoms with van der Waals surface area (Å²) in [5.74, 6) is -2.91. The number of rotatable bonds is 12. The molecule has 0 aliphatic heterocycles. The van der Waals surface area contributed by atoms with Gasteiger partial charge in [-0.05, 0) is 47.9 Å². The van der Waals surface area contributed by atoms with Crippen LogP contribution in [0, 0.1) is 22.1 Å².